The highest BCUT2D eigenvalue weighted by Gasteiger charge is 2.31. The van der Waals surface area contributed by atoms with Gasteiger partial charge in [0.15, 0.2) is 0 Å². The van der Waals surface area contributed by atoms with Crippen LogP contribution in [-0.4, -0.2) is 61.2 Å². The van der Waals surface area contributed by atoms with Crippen molar-refractivity contribution in [2.24, 2.45) is 0 Å². The van der Waals surface area contributed by atoms with E-state index in [0.717, 1.165) is 55.3 Å². The second kappa shape index (κ2) is 8.48. The smallest absolute Gasteiger partial charge is 0.242 e. The van der Waals surface area contributed by atoms with E-state index < -0.39 is 0 Å². The fraction of sp³-hybridized carbons (Fsp3) is 0.346. The van der Waals surface area contributed by atoms with E-state index in [1.54, 1.807) is 0 Å². The lowest BCUT2D eigenvalue weighted by Crippen LogP contribution is -2.49. The Hall–Kier alpha value is -3.45. The Morgan fingerprint density at radius 2 is 1.70 bits per heavy atom. The van der Waals surface area contributed by atoms with Crippen molar-refractivity contribution < 1.29 is 4.79 Å². The molecule has 2 aliphatic rings. The Balaban J connectivity index is 1.08. The molecule has 7 nitrogen and oxygen atoms in total. The van der Waals surface area contributed by atoms with Gasteiger partial charge in [0.05, 0.1) is 22.9 Å². The molecule has 0 radical (unpaired) electrons. The maximum atomic E-state index is 13.2. The number of carbonyl (C=O) groups is 1. The summed E-state index contributed by atoms with van der Waals surface area (Å²) in [7, 11) is 0. The van der Waals surface area contributed by atoms with Gasteiger partial charge in [-0.15, -0.1) is 0 Å². The predicted molar refractivity (Wildman–Crippen MR) is 127 cm³/mol. The third-order valence-electron chi connectivity index (χ3n) is 6.71. The van der Waals surface area contributed by atoms with Crippen molar-refractivity contribution >= 4 is 16.9 Å². The maximum absolute atomic E-state index is 13.2. The number of amides is 1. The minimum Gasteiger partial charge on any atom is -0.339 e. The fourth-order valence-corrected chi connectivity index (χ4v) is 4.73. The molecule has 1 amide bonds. The van der Waals surface area contributed by atoms with Crippen molar-refractivity contribution in [2.45, 2.75) is 31.8 Å². The van der Waals surface area contributed by atoms with Crippen LogP contribution in [-0.2, 0) is 17.9 Å². The molecule has 1 saturated heterocycles. The van der Waals surface area contributed by atoms with Crippen molar-refractivity contribution in [1.29, 1.82) is 0 Å². The summed E-state index contributed by atoms with van der Waals surface area (Å²) in [5.41, 5.74) is 4.32. The number of rotatable bonds is 6. The zero-order valence-electron chi connectivity index (χ0n) is 18.7. The number of hydrogen-bond donors (Lipinski definition) is 0. The molecule has 0 spiro atoms. The van der Waals surface area contributed by atoms with Crippen molar-refractivity contribution in [3.63, 3.8) is 0 Å². The zero-order valence-corrected chi connectivity index (χ0v) is 18.7. The molecule has 0 bridgehead atoms. The van der Waals surface area contributed by atoms with Crippen LogP contribution in [0.3, 0.4) is 0 Å². The second-order valence-electron chi connectivity index (χ2n) is 9.10. The Bertz CT molecular complexity index is 1260. The topological polar surface area (TPSA) is 59.2 Å². The molecule has 2 fully saturated rings. The first-order chi connectivity index (χ1) is 16.2. The molecule has 0 N–H and O–H groups in total. The van der Waals surface area contributed by atoms with Crippen LogP contribution in [0.2, 0.25) is 0 Å². The number of carbonyl (C=O) groups excluding carboxylic acids is 1. The highest BCUT2D eigenvalue weighted by Crippen LogP contribution is 2.40. The number of benzene rings is 2. The third-order valence-corrected chi connectivity index (χ3v) is 6.71. The average Bonchev–Trinajstić information content (AvgIpc) is 3.49. The summed E-state index contributed by atoms with van der Waals surface area (Å²) in [6.45, 7) is 4.52. The first kappa shape index (κ1) is 20.2. The summed E-state index contributed by atoms with van der Waals surface area (Å²) < 4.78 is 4.07. The minimum absolute atomic E-state index is 0.191. The summed E-state index contributed by atoms with van der Waals surface area (Å²) in [6, 6.07) is 18.3. The van der Waals surface area contributed by atoms with Gasteiger partial charge < -0.3 is 9.47 Å². The van der Waals surface area contributed by atoms with Crippen molar-refractivity contribution in [1.82, 2.24) is 29.1 Å². The molecule has 1 aliphatic carbocycles. The predicted octanol–water partition coefficient (Wildman–Crippen LogP) is 3.44. The molecule has 2 aromatic carbocycles. The number of imidazole rings is 1. The summed E-state index contributed by atoms with van der Waals surface area (Å²) in [6.07, 6.45) is 6.39. The Labute approximate surface area is 193 Å². The Morgan fingerprint density at radius 3 is 2.48 bits per heavy atom. The van der Waals surface area contributed by atoms with Crippen LogP contribution >= 0.6 is 0 Å². The molecular formula is C26H28N6O. The van der Waals surface area contributed by atoms with Crippen LogP contribution in [0.15, 0.2) is 67.0 Å². The fourth-order valence-electron chi connectivity index (χ4n) is 4.73. The number of piperazine rings is 1. The van der Waals surface area contributed by atoms with Gasteiger partial charge in [-0.3, -0.25) is 9.69 Å². The van der Waals surface area contributed by atoms with Crippen LogP contribution in [0.25, 0.3) is 16.7 Å². The average molecular weight is 441 g/mol. The number of nitrogens with zero attached hydrogens (tertiary/aromatic N) is 6. The molecule has 168 valence electrons. The van der Waals surface area contributed by atoms with Crippen LogP contribution in [0, 0.1) is 0 Å². The van der Waals surface area contributed by atoms with Gasteiger partial charge >= 0.3 is 0 Å². The lowest BCUT2D eigenvalue weighted by molar-refractivity contribution is -0.133. The number of fused-ring (bicyclic) bond motifs is 1. The van der Waals surface area contributed by atoms with Crippen molar-refractivity contribution in [3.8, 4) is 5.69 Å². The van der Waals surface area contributed by atoms with Gasteiger partial charge in [0.1, 0.15) is 12.4 Å². The van der Waals surface area contributed by atoms with Gasteiger partial charge in [-0.1, -0.05) is 30.3 Å². The largest absolute Gasteiger partial charge is 0.339 e. The maximum Gasteiger partial charge on any atom is 0.242 e. The normalized spacial score (nSPS) is 17.0. The quantitative estimate of drug-likeness (QED) is 0.461. The van der Waals surface area contributed by atoms with Gasteiger partial charge in [-0.05, 0) is 37.1 Å². The molecule has 4 aromatic rings. The number of para-hydroxylation sites is 3. The zero-order chi connectivity index (χ0) is 22.2. The van der Waals surface area contributed by atoms with E-state index in [4.69, 9.17) is 4.98 Å². The first-order valence-electron chi connectivity index (χ1n) is 11.8. The molecule has 6 rings (SSSR count). The van der Waals surface area contributed by atoms with E-state index in [1.165, 1.54) is 18.4 Å². The summed E-state index contributed by atoms with van der Waals surface area (Å²) in [5.74, 6) is 1.79. The molecule has 0 atom stereocenters. The SMILES string of the molecule is O=C(Cn1c(C2CC2)nc2ccccc21)N1CCN(Cc2cnn(-c3ccccc3)c2)CC1. The number of aromatic nitrogens is 4. The molecule has 3 heterocycles. The van der Waals surface area contributed by atoms with Gasteiger partial charge in [-0.25, -0.2) is 9.67 Å². The van der Waals surface area contributed by atoms with Crippen LogP contribution in [0.4, 0.5) is 0 Å². The van der Waals surface area contributed by atoms with E-state index >= 15 is 0 Å². The summed E-state index contributed by atoms with van der Waals surface area (Å²) >= 11 is 0. The first-order valence-corrected chi connectivity index (χ1v) is 11.8. The van der Waals surface area contributed by atoms with E-state index in [-0.39, 0.29) is 5.91 Å². The van der Waals surface area contributed by atoms with Gasteiger partial charge in [0, 0.05) is 50.4 Å². The van der Waals surface area contributed by atoms with Crippen molar-refractivity contribution in [2.75, 3.05) is 26.2 Å². The molecule has 1 saturated carbocycles. The lowest BCUT2D eigenvalue weighted by atomic mass is 10.2. The summed E-state index contributed by atoms with van der Waals surface area (Å²) in [4.78, 5) is 22.4. The highest BCUT2D eigenvalue weighted by molar-refractivity contribution is 5.81. The van der Waals surface area contributed by atoms with Crippen molar-refractivity contribution in [3.05, 3.63) is 78.4 Å². The molecule has 7 heteroatoms. The monoisotopic (exact) mass is 440 g/mol. The summed E-state index contributed by atoms with van der Waals surface area (Å²) in [5, 5.41) is 4.51. The van der Waals surface area contributed by atoms with E-state index in [1.807, 2.05) is 52.2 Å². The molecule has 2 aromatic heterocycles. The van der Waals surface area contributed by atoms with E-state index in [0.29, 0.717) is 12.5 Å². The molecular weight excluding hydrogens is 412 g/mol. The Kier molecular flexibility index (Phi) is 5.19. The van der Waals surface area contributed by atoms with E-state index in [9.17, 15) is 4.79 Å². The molecule has 33 heavy (non-hydrogen) atoms. The van der Waals surface area contributed by atoms with Gasteiger partial charge in [-0.2, -0.15) is 5.10 Å². The van der Waals surface area contributed by atoms with Gasteiger partial charge in [0.25, 0.3) is 0 Å². The standard InChI is InChI=1S/C26H28N6O/c33-25(19-31-24-9-5-4-8-23(24)28-26(31)21-10-11-21)30-14-12-29(13-15-30)17-20-16-27-32(18-20)22-6-2-1-3-7-22/h1-9,16,18,21H,10-15,17,19H2. The minimum atomic E-state index is 0.191. The highest BCUT2D eigenvalue weighted by atomic mass is 16.2. The Morgan fingerprint density at radius 1 is 0.939 bits per heavy atom. The van der Waals surface area contributed by atoms with Crippen LogP contribution in [0.5, 0.6) is 0 Å². The second-order valence-corrected chi connectivity index (χ2v) is 9.10. The van der Waals surface area contributed by atoms with Crippen LogP contribution in [0.1, 0.15) is 30.1 Å². The van der Waals surface area contributed by atoms with Gasteiger partial charge in [0.2, 0.25) is 5.91 Å². The third kappa shape index (κ3) is 4.16. The lowest BCUT2D eigenvalue weighted by Gasteiger charge is -2.34. The molecule has 0 unspecified atom stereocenters. The van der Waals surface area contributed by atoms with E-state index in [2.05, 4.69) is 39.0 Å². The number of hydrogen-bond acceptors (Lipinski definition) is 4. The van der Waals surface area contributed by atoms with Crippen LogP contribution < -0.4 is 0 Å². The molecule has 1 aliphatic heterocycles.